The largest absolute Gasteiger partial charge is 0.473 e. The van der Waals surface area contributed by atoms with E-state index in [0.29, 0.717) is 29.5 Å². The molecule has 0 aliphatic heterocycles. The molecule has 0 bridgehead atoms. The van der Waals surface area contributed by atoms with Gasteiger partial charge < -0.3 is 15.2 Å². The Labute approximate surface area is 158 Å². The van der Waals surface area contributed by atoms with Gasteiger partial charge in [0.05, 0.1) is 16.4 Å². The van der Waals surface area contributed by atoms with Gasteiger partial charge in [0.25, 0.3) is 5.56 Å². The van der Waals surface area contributed by atoms with Gasteiger partial charge in [-0.2, -0.15) is 0 Å². The molecular formula is C18H20BrN3O4. The van der Waals surface area contributed by atoms with Crippen molar-refractivity contribution in [2.24, 2.45) is 0 Å². The topological polar surface area (TPSA) is 93.5 Å². The molecule has 7 nitrogen and oxygen atoms in total. The van der Waals surface area contributed by atoms with Crippen molar-refractivity contribution in [1.29, 1.82) is 0 Å². The number of carbonyl (C=O) groups excluding carboxylic acids is 1. The van der Waals surface area contributed by atoms with Crippen LogP contribution in [0.5, 0.6) is 5.88 Å². The fourth-order valence-electron chi connectivity index (χ4n) is 3.28. The van der Waals surface area contributed by atoms with Crippen molar-refractivity contribution >= 4 is 32.6 Å². The maximum atomic E-state index is 12.7. The smallest absolute Gasteiger partial charge is 0.275 e. The van der Waals surface area contributed by atoms with Gasteiger partial charge in [-0.15, -0.1) is 5.10 Å². The molecule has 0 saturated heterocycles. The average molecular weight is 422 g/mol. The van der Waals surface area contributed by atoms with Gasteiger partial charge in [-0.3, -0.25) is 9.59 Å². The predicted octanol–water partition coefficient (Wildman–Crippen LogP) is 1.73. The van der Waals surface area contributed by atoms with Crippen LogP contribution in [0.4, 0.5) is 0 Å². The second-order valence-electron chi connectivity index (χ2n) is 7.44. The lowest BCUT2D eigenvalue weighted by molar-refractivity contribution is -0.125. The van der Waals surface area contributed by atoms with Crippen molar-refractivity contribution in [3.05, 3.63) is 33.0 Å². The van der Waals surface area contributed by atoms with Crippen molar-refractivity contribution in [2.75, 3.05) is 0 Å². The van der Waals surface area contributed by atoms with Crippen LogP contribution < -0.4 is 15.6 Å². The number of benzene rings is 1. The minimum Gasteiger partial charge on any atom is -0.473 e. The van der Waals surface area contributed by atoms with E-state index in [9.17, 15) is 14.7 Å². The molecule has 2 aliphatic carbocycles. The van der Waals surface area contributed by atoms with Crippen molar-refractivity contribution in [2.45, 2.75) is 56.9 Å². The maximum Gasteiger partial charge on any atom is 0.275 e. The molecule has 2 aliphatic rings. The first-order chi connectivity index (χ1) is 12.3. The maximum absolute atomic E-state index is 12.7. The number of carbonyl (C=O) groups is 1. The van der Waals surface area contributed by atoms with Gasteiger partial charge >= 0.3 is 0 Å². The number of nitrogens with one attached hydrogen (secondary N) is 1. The molecular weight excluding hydrogens is 402 g/mol. The molecule has 0 unspecified atom stereocenters. The van der Waals surface area contributed by atoms with Crippen LogP contribution >= 0.6 is 15.9 Å². The quantitative estimate of drug-likeness (QED) is 0.766. The van der Waals surface area contributed by atoms with E-state index in [1.54, 1.807) is 19.1 Å². The Morgan fingerprint density at radius 1 is 1.42 bits per heavy atom. The number of rotatable bonds is 5. The lowest BCUT2D eigenvalue weighted by Crippen LogP contribution is -2.54. The van der Waals surface area contributed by atoms with Gasteiger partial charge in [0, 0.05) is 10.5 Å². The summed E-state index contributed by atoms with van der Waals surface area (Å²) in [6.07, 6.45) is 3.10. The first kappa shape index (κ1) is 17.5. The number of nitrogens with zero attached hydrogens (tertiary/aromatic N) is 2. The van der Waals surface area contributed by atoms with Crippen LogP contribution in [0.3, 0.4) is 0 Å². The fraction of sp³-hybridized carbons (Fsp3) is 0.500. The Morgan fingerprint density at radius 3 is 2.81 bits per heavy atom. The Kier molecular flexibility index (Phi) is 4.27. The van der Waals surface area contributed by atoms with E-state index in [1.807, 2.05) is 6.07 Å². The highest BCUT2D eigenvalue weighted by Gasteiger charge is 2.39. The van der Waals surface area contributed by atoms with Crippen LogP contribution in [0.1, 0.15) is 32.6 Å². The third kappa shape index (κ3) is 3.61. The van der Waals surface area contributed by atoms with Crippen LogP contribution in [-0.4, -0.2) is 38.5 Å². The fourth-order valence-corrected chi connectivity index (χ4v) is 3.64. The Morgan fingerprint density at radius 2 is 2.15 bits per heavy atom. The van der Waals surface area contributed by atoms with Crippen LogP contribution in [0, 0.1) is 0 Å². The highest BCUT2D eigenvalue weighted by Crippen LogP contribution is 2.32. The van der Waals surface area contributed by atoms with Crippen LogP contribution in [0.25, 0.3) is 10.8 Å². The monoisotopic (exact) mass is 421 g/mol. The summed E-state index contributed by atoms with van der Waals surface area (Å²) in [5.41, 5.74) is -1.04. The number of fused-ring (bicyclic) bond motifs is 1. The van der Waals surface area contributed by atoms with Crippen molar-refractivity contribution in [1.82, 2.24) is 15.1 Å². The van der Waals surface area contributed by atoms with Gasteiger partial charge in [-0.25, -0.2) is 4.68 Å². The highest BCUT2D eigenvalue weighted by molar-refractivity contribution is 9.10. The lowest BCUT2D eigenvalue weighted by atomic mass is 9.77. The number of halogens is 1. The van der Waals surface area contributed by atoms with E-state index in [1.165, 1.54) is 0 Å². The number of amides is 1. The minimum absolute atomic E-state index is 0.0631. The van der Waals surface area contributed by atoms with Crippen LogP contribution in [0.15, 0.2) is 27.5 Å². The third-order valence-electron chi connectivity index (χ3n) is 4.72. The zero-order valence-electron chi connectivity index (χ0n) is 14.4. The first-order valence-corrected chi connectivity index (χ1v) is 9.49. The second kappa shape index (κ2) is 6.35. The van der Waals surface area contributed by atoms with Gasteiger partial charge in [0.15, 0.2) is 0 Å². The first-order valence-electron chi connectivity index (χ1n) is 8.69. The molecule has 0 atom stereocenters. The van der Waals surface area contributed by atoms with E-state index in [2.05, 4.69) is 26.3 Å². The Bertz CT molecular complexity index is 928. The third-order valence-corrected chi connectivity index (χ3v) is 5.22. The molecule has 1 aromatic heterocycles. The number of hydrogen-bond donors (Lipinski definition) is 2. The predicted molar refractivity (Wildman–Crippen MR) is 99.1 cm³/mol. The zero-order chi connectivity index (χ0) is 18.5. The van der Waals surface area contributed by atoms with Crippen LogP contribution in [0.2, 0.25) is 0 Å². The molecule has 4 rings (SSSR count). The SMILES string of the molecule is CC1(O)CC(NC(=O)Cn2nc(OC3CC3)c3cc(Br)ccc3c2=O)C1. The summed E-state index contributed by atoms with van der Waals surface area (Å²) in [6, 6.07) is 5.24. The van der Waals surface area contributed by atoms with Crippen molar-refractivity contribution in [3.8, 4) is 5.88 Å². The van der Waals surface area contributed by atoms with Gasteiger partial charge in [0.1, 0.15) is 12.6 Å². The highest BCUT2D eigenvalue weighted by atomic mass is 79.9. The Hall–Kier alpha value is -1.93. The summed E-state index contributed by atoms with van der Waals surface area (Å²) < 4.78 is 7.84. The standard InChI is InChI=1S/C18H20BrN3O4/c1-18(25)7-11(8-18)20-15(23)9-22-17(24)13-5-2-10(19)6-14(13)16(21-22)26-12-3-4-12/h2,5-6,11-12,25H,3-4,7-9H2,1H3,(H,20,23). The Balaban J connectivity index is 1.60. The van der Waals surface area contributed by atoms with Gasteiger partial charge in [-0.05, 0) is 50.8 Å². The molecule has 2 fully saturated rings. The number of hydrogen-bond acceptors (Lipinski definition) is 5. The summed E-state index contributed by atoms with van der Waals surface area (Å²) in [5.74, 6) is 0.0803. The summed E-state index contributed by atoms with van der Waals surface area (Å²) in [7, 11) is 0. The van der Waals surface area contributed by atoms with E-state index in [0.717, 1.165) is 22.0 Å². The van der Waals surface area contributed by atoms with E-state index >= 15 is 0 Å². The lowest BCUT2D eigenvalue weighted by Gasteiger charge is -2.41. The molecule has 26 heavy (non-hydrogen) atoms. The average Bonchev–Trinajstić information content (AvgIpc) is 3.34. The number of aromatic nitrogens is 2. The summed E-state index contributed by atoms with van der Waals surface area (Å²) in [6.45, 7) is 1.56. The van der Waals surface area contributed by atoms with E-state index in [-0.39, 0.29) is 30.2 Å². The number of ether oxygens (including phenoxy) is 1. The summed E-state index contributed by atoms with van der Waals surface area (Å²) >= 11 is 3.41. The normalized spacial score (nSPS) is 25.0. The van der Waals surface area contributed by atoms with Gasteiger partial charge in [0.2, 0.25) is 11.8 Å². The molecule has 2 N–H and O–H groups in total. The zero-order valence-corrected chi connectivity index (χ0v) is 16.0. The van der Waals surface area contributed by atoms with Crippen molar-refractivity contribution in [3.63, 3.8) is 0 Å². The summed E-state index contributed by atoms with van der Waals surface area (Å²) in [4.78, 5) is 25.0. The molecule has 1 aromatic carbocycles. The number of aliphatic hydroxyl groups is 1. The molecule has 1 amide bonds. The molecule has 0 spiro atoms. The molecule has 138 valence electrons. The molecule has 1 heterocycles. The molecule has 2 aromatic rings. The molecule has 0 radical (unpaired) electrons. The van der Waals surface area contributed by atoms with Gasteiger partial charge in [-0.1, -0.05) is 15.9 Å². The molecule has 2 saturated carbocycles. The van der Waals surface area contributed by atoms with Crippen LogP contribution in [-0.2, 0) is 11.3 Å². The van der Waals surface area contributed by atoms with E-state index in [4.69, 9.17) is 4.74 Å². The molecule has 8 heteroatoms. The minimum atomic E-state index is -0.714. The van der Waals surface area contributed by atoms with Crippen molar-refractivity contribution < 1.29 is 14.6 Å². The second-order valence-corrected chi connectivity index (χ2v) is 8.36. The summed E-state index contributed by atoms with van der Waals surface area (Å²) in [5, 5.41) is 18.0. The van der Waals surface area contributed by atoms with E-state index < -0.39 is 5.60 Å².